The number of hydrogen-bond donors (Lipinski definition) is 1. The number of likely N-dealkylation sites (tertiary alicyclic amines) is 2. The first-order valence-corrected chi connectivity index (χ1v) is 8.85. The Morgan fingerprint density at radius 3 is 1.88 bits per heavy atom. The van der Waals surface area contributed by atoms with Crippen molar-refractivity contribution in [2.24, 2.45) is 0 Å². The molecule has 2 amide bonds. The molecule has 0 atom stereocenters. The lowest BCUT2D eigenvalue weighted by atomic mass is 10.0. The van der Waals surface area contributed by atoms with E-state index in [-0.39, 0.29) is 23.7 Å². The number of carbonyl (C=O) groups excluding carboxylic acids is 2. The van der Waals surface area contributed by atoms with Crippen LogP contribution in [0.1, 0.15) is 66.7 Å². The molecule has 0 aromatic carbocycles. The monoisotopic (exact) mass is 358 g/mol. The Labute approximate surface area is 151 Å². The van der Waals surface area contributed by atoms with Gasteiger partial charge in [0.25, 0.3) is 6.47 Å². The smallest absolute Gasteiger partial charge is 0.410 e. The third-order valence-electron chi connectivity index (χ3n) is 4.10. The summed E-state index contributed by atoms with van der Waals surface area (Å²) in [6, 6.07) is 0. The van der Waals surface area contributed by atoms with Crippen molar-refractivity contribution in [1.29, 1.82) is 0 Å². The molecule has 2 heterocycles. The minimum atomic E-state index is -0.367. The Hall–Kier alpha value is -1.79. The van der Waals surface area contributed by atoms with E-state index in [1.54, 1.807) is 4.90 Å². The first kappa shape index (κ1) is 23.2. The quantitative estimate of drug-likeness (QED) is 0.728. The molecule has 2 fully saturated rings. The van der Waals surface area contributed by atoms with Crippen LogP contribution in [0.5, 0.6) is 0 Å². The van der Waals surface area contributed by atoms with Gasteiger partial charge in [0.15, 0.2) is 0 Å². The molecule has 0 unspecified atom stereocenters. The molecule has 0 saturated carbocycles. The Morgan fingerprint density at radius 2 is 1.56 bits per heavy atom. The van der Waals surface area contributed by atoms with Gasteiger partial charge >= 0.3 is 6.09 Å². The van der Waals surface area contributed by atoms with Crippen LogP contribution in [0.25, 0.3) is 0 Å². The summed E-state index contributed by atoms with van der Waals surface area (Å²) in [6.07, 6.45) is 6.55. The van der Waals surface area contributed by atoms with Crippen LogP contribution in [0.2, 0.25) is 0 Å². The molecular weight excluding hydrogens is 324 g/mol. The minimum Gasteiger partial charge on any atom is -0.483 e. The van der Waals surface area contributed by atoms with Crippen LogP contribution in [0.4, 0.5) is 4.79 Å². The van der Waals surface area contributed by atoms with E-state index in [0.29, 0.717) is 0 Å². The second-order valence-electron chi connectivity index (χ2n) is 7.85. The van der Waals surface area contributed by atoms with Gasteiger partial charge in [-0.25, -0.2) is 4.79 Å². The molecule has 7 heteroatoms. The molecule has 0 aliphatic carbocycles. The number of hydrogen-bond acceptors (Lipinski definition) is 4. The Kier molecular flexibility index (Phi) is 10.2. The molecule has 25 heavy (non-hydrogen) atoms. The van der Waals surface area contributed by atoms with E-state index in [2.05, 4.69) is 13.8 Å². The number of amides is 2. The van der Waals surface area contributed by atoms with Crippen LogP contribution < -0.4 is 0 Å². The van der Waals surface area contributed by atoms with Crippen molar-refractivity contribution < 1.29 is 24.2 Å². The van der Waals surface area contributed by atoms with Gasteiger partial charge in [0.2, 0.25) is 6.41 Å². The largest absolute Gasteiger partial charge is 0.483 e. The fourth-order valence-corrected chi connectivity index (χ4v) is 2.73. The van der Waals surface area contributed by atoms with Gasteiger partial charge in [-0.1, -0.05) is 0 Å². The van der Waals surface area contributed by atoms with E-state index in [0.717, 1.165) is 51.7 Å². The second kappa shape index (κ2) is 10.9. The van der Waals surface area contributed by atoms with Crippen LogP contribution >= 0.6 is 0 Å². The molecular formula is C18H34N2O5. The molecule has 2 aliphatic rings. The third-order valence-corrected chi connectivity index (χ3v) is 4.10. The average Bonchev–Trinajstić information content (AvgIpc) is 2.86. The Balaban J connectivity index is 0.000000417. The van der Waals surface area contributed by atoms with Crippen LogP contribution in [-0.2, 0) is 14.3 Å². The first-order chi connectivity index (χ1) is 11.6. The number of carbonyl (C=O) groups is 3. The lowest BCUT2D eigenvalue weighted by molar-refractivity contribution is -0.123. The Morgan fingerprint density at radius 1 is 1.04 bits per heavy atom. The topological polar surface area (TPSA) is 87.2 Å². The summed E-state index contributed by atoms with van der Waals surface area (Å²) >= 11 is 0. The zero-order valence-electron chi connectivity index (χ0n) is 16.3. The predicted molar refractivity (Wildman–Crippen MR) is 96.4 cm³/mol. The number of rotatable bonds is 1. The molecule has 0 bridgehead atoms. The van der Waals surface area contributed by atoms with Gasteiger partial charge in [0, 0.05) is 25.2 Å². The van der Waals surface area contributed by atoms with Crippen molar-refractivity contribution in [2.75, 3.05) is 19.6 Å². The summed E-state index contributed by atoms with van der Waals surface area (Å²) in [4.78, 5) is 33.9. The highest BCUT2D eigenvalue weighted by Crippen LogP contribution is 2.25. The summed E-state index contributed by atoms with van der Waals surface area (Å²) in [7, 11) is 0. The van der Waals surface area contributed by atoms with E-state index in [4.69, 9.17) is 14.6 Å². The van der Waals surface area contributed by atoms with E-state index in [1.165, 1.54) is 6.42 Å². The summed E-state index contributed by atoms with van der Waals surface area (Å²) in [5.41, 5.74) is -0.240. The second-order valence-corrected chi connectivity index (χ2v) is 7.85. The maximum absolute atomic E-state index is 11.5. The standard InChI is InChI=1S/C10H19NO2.C7H13NO.CH2O2/c1-10(2,3)13-9(12)11-7-5-4-6-8-11;1-7(2)4-3-5-8(7)6-9;2-1-3/h4-8H2,1-3H3;6H,3-5H2,1-2H3;1H,(H,2,3). The molecule has 0 spiro atoms. The average molecular weight is 358 g/mol. The lowest BCUT2D eigenvalue weighted by Crippen LogP contribution is -2.39. The highest BCUT2D eigenvalue weighted by molar-refractivity contribution is 5.68. The molecule has 0 aromatic rings. The van der Waals surface area contributed by atoms with Gasteiger partial charge in [-0.2, -0.15) is 0 Å². The third kappa shape index (κ3) is 9.94. The highest BCUT2D eigenvalue weighted by Gasteiger charge is 2.30. The van der Waals surface area contributed by atoms with E-state index in [1.807, 2.05) is 25.7 Å². The first-order valence-electron chi connectivity index (χ1n) is 8.85. The Bertz CT molecular complexity index is 412. The zero-order chi connectivity index (χ0) is 19.5. The molecule has 1 N–H and O–H groups in total. The van der Waals surface area contributed by atoms with Crippen molar-refractivity contribution in [3.8, 4) is 0 Å². The van der Waals surface area contributed by atoms with Crippen molar-refractivity contribution >= 4 is 19.0 Å². The molecule has 146 valence electrons. The van der Waals surface area contributed by atoms with Crippen LogP contribution in [-0.4, -0.2) is 64.7 Å². The van der Waals surface area contributed by atoms with Crippen molar-refractivity contribution in [3.05, 3.63) is 0 Å². The fraction of sp³-hybridized carbons (Fsp3) is 0.833. The minimum absolute atomic E-state index is 0.127. The van der Waals surface area contributed by atoms with Crippen molar-refractivity contribution in [1.82, 2.24) is 9.80 Å². The molecule has 2 saturated heterocycles. The maximum atomic E-state index is 11.5. The number of nitrogens with zero attached hydrogens (tertiary/aromatic N) is 2. The summed E-state index contributed by atoms with van der Waals surface area (Å²) in [5, 5.41) is 6.89. The fourth-order valence-electron chi connectivity index (χ4n) is 2.73. The van der Waals surface area contributed by atoms with Crippen molar-refractivity contribution in [3.63, 3.8) is 0 Å². The molecule has 2 aliphatic heterocycles. The lowest BCUT2D eigenvalue weighted by Gasteiger charge is -2.29. The highest BCUT2D eigenvalue weighted by atomic mass is 16.6. The van der Waals surface area contributed by atoms with Crippen LogP contribution in [0, 0.1) is 0 Å². The van der Waals surface area contributed by atoms with Crippen molar-refractivity contribution in [2.45, 2.75) is 77.9 Å². The van der Waals surface area contributed by atoms with E-state index in [9.17, 15) is 9.59 Å². The number of ether oxygens (including phenoxy) is 1. The molecule has 0 radical (unpaired) electrons. The summed E-state index contributed by atoms with van der Waals surface area (Å²) < 4.78 is 5.26. The van der Waals surface area contributed by atoms with E-state index >= 15 is 0 Å². The SMILES string of the molecule is CC(C)(C)OC(=O)N1CCCCC1.CC1(C)CCCN1C=O.O=CO. The van der Waals surface area contributed by atoms with Gasteiger partial charge < -0.3 is 19.6 Å². The van der Waals surface area contributed by atoms with Gasteiger partial charge in [0.1, 0.15) is 5.60 Å². The molecule has 0 aromatic heterocycles. The van der Waals surface area contributed by atoms with Gasteiger partial charge in [-0.3, -0.25) is 9.59 Å². The maximum Gasteiger partial charge on any atom is 0.410 e. The number of carboxylic acid groups (broad SMARTS) is 1. The normalized spacial score (nSPS) is 18.9. The van der Waals surface area contributed by atoms with E-state index < -0.39 is 0 Å². The van der Waals surface area contributed by atoms with Gasteiger partial charge in [-0.05, 0) is 66.7 Å². The molecule has 2 rings (SSSR count). The van der Waals surface area contributed by atoms with Crippen LogP contribution in [0.3, 0.4) is 0 Å². The zero-order valence-corrected chi connectivity index (χ0v) is 16.3. The van der Waals surface area contributed by atoms with Gasteiger partial charge in [0.05, 0.1) is 0 Å². The van der Waals surface area contributed by atoms with Crippen LogP contribution in [0.15, 0.2) is 0 Å². The predicted octanol–water partition coefficient (Wildman–Crippen LogP) is 3.13. The molecule has 7 nitrogen and oxygen atoms in total. The summed E-state index contributed by atoms with van der Waals surface area (Å²) in [5.74, 6) is 0. The summed E-state index contributed by atoms with van der Waals surface area (Å²) in [6.45, 7) is 12.3. The number of piperidine rings is 1. The van der Waals surface area contributed by atoms with Gasteiger partial charge in [-0.15, -0.1) is 0 Å².